The number of thiocarbonyl (C=S) groups is 1. The summed E-state index contributed by atoms with van der Waals surface area (Å²) in [4.78, 5) is 0. The maximum Gasteiger partial charge on any atom is 0.180 e. The van der Waals surface area contributed by atoms with E-state index in [9.17, 15) is 0 Å². The first-order chi connectivity index (χ1) is 5.33. The van der Waals surface area contributed by atoms with Gasteiger partial charge in [-0.1, -0.05) is 0 Å². The summed E-state index contributed by atoms with van der Waals surface area (Å²) in [5.41, 5.74) is 2.41. The molecule has 0 aliphatic carbocycles. The number of hydrazine groups is 1. The first-order valence-corrected chi connectivity index (χ1v) is 4.21. The third kappa shape index (κ3) is 3.00. The van der Waals surface area contributed by atoms with Crippen molar-refractivity contribution in [3.05, 3.63) is 0 Å². The number of hydrogen-bond acceptors (Lipinski definition) is 3. The van der Waals surface area contributed by atoms with Crippen molar-refractivity contribution in [1.82, 2.24) is 16.1 Å². The number of nitrogens with one attached hydrogen (secondary N) is 3. The van der Waals surface area contributed by atoms with Gasteiger partial charge >= 0.3 is 0 Å². The van der Waals surface area contributed by atoms with Gasteiger partial charge in [-0.15, -0.1) is 0 Å². The zero-order valence-corrected chi connectivity index (χ0v) is 7.21. The van der Waals surface area contributed by atoms with Crippen LogP contribution in [0.5, 0.6) is 0 Å². The Morgan fingerprint density at radius 1 is 1.45 bits per heavy atom. The molecule has 1 aliphatic heterocycles. The minimum absolute atomic E-state index is 0.486. The molecule has 11 heavy (non-hydrogen) atoms. The van der Waals surface area contributed by atoms with E-state index in [4.69, 9.17) is 18.1 Å². The molecule has 0 aromatic carbocycles. The molecule has 0 radical (unpaired) electrons. The number of nitrogens with two attached hydrogens (primary N) is 1. The van der Waals surface area contributed by atoms with E-state index in [0.29, 0.717) is 11.2 Å². The van der Waals surface area contributed by atoms with Gasteiger partial charge in [-0.3, -0.25) is 0 Å². The van der Waals surface area contributed by atoms with Gasteiger partial charge in [0.15, 0.2) is 5.11 Å². The molecule has 1 aliphatic rings. The second kappa shape index (κ2) is 4.48. The summed E-state index contributed by atoms with van der Waals surface area (Å²) in [5, 5.41) is 6.93. The van der Waals surface area contributed by atoms with E-state index in [1.165, 1.54) is 0 Å². The van der Waals surface area contributed by atoms with Crippen LogP contribution in [0.1, 0.15) is 12.8 Å². The van der Waals surface area contributed by atoms with Crippen molar-refractivity contribution < 1.29 is 0 Å². The van der Waals surface area contributed by atoms with Gasteiger partial charge in [0, 0.05) is 6.04 Å². The first kappa shape index (κ1) is 8.70. The fraction of sp³-hybridized carbons (Fsp3) is 0.833. The van der Waals surface area contributed by atoms with Gasteiger partial charge in [-0.25, -0.2) is 5.84 Å². The molecule has 5 heteroatoms. The molecule has 0 aromatic heterocycles. The number of rotatable bonds is 1. The monoisotopic (exact) mass is 174 g/mol. The van der Waals surface area contributed by atoms with Crippen LogP contribution in [-0.2, 0) is 0 Å². The molecule has 0 amide bonds. The highest BCUT2D eigenvalue weighted by molar-refractivity contribution is 7.80. The molecule has 0 atom stereocenters. The maximum atomic E-state index is 5.12. The van der Waals surface area contributed by atoms with Gasteiger partial charge < -0.3 is 16.1 Å². The standard InChI is InChI=1S/C6H14N4S/c7-10-6(11)9-5-1-3-8-4-2-5/h5,8H,1-4,7H2,(H2,9,10,11). The van der Waals surface area contributed by atoms with Crippen molar-refractivity contribution in [1.29, 1.82) is 0 Å². The molecule has 5 N–H and O–H groups in total. The van der Waals surface area contributed by atoms with Crippen LogP contribution in [0.25, 0.3) is 0 Å². The molecule has 0 unspecified atom stereocenters. The van der Waals surface area contributed by atoms with Crippen molar-refractivity contribution in [2.45, 2.75) is 18.9 Å². The topological polar surface area (TPSA) is 62.1 Å². The van der Waals surface area contributed by atoms with Gasteiger partial charge in [0.25, 0.3) is 0 Å². The predicted octanol–water partition coefficient (Wildman–Crippen LogP) is -0.924. The van der Waals surface area contributed by atoms with Crippen LogP contribution in [0.15, 0.2) is 0 Å². The lowest BCUT2D eigenvalue weighted by Gasteiger charge is -2.24. The largest absolute Gasteiger partial charge is 0.359 e. The van der Waals surface area contributed by atoms with Crippen molar-refractivity contribution in [3.63, 3.8) is 0 Å². The molecule has 1 rings (SSSR count). The highest BCUT2D eigenvalue weighted by Gasteiger charge is 2.12. The van der Waals surface area contributed by atoms with E-state index in [2.05, 4.69) is 16.1 Å². The summed E-state index contributed by atoms with van der Waals surface area (Å²) < 4.78 is 0. The fourth-order valence-electron chi connectivity index (χ4n) is 1.19. The average Bonchev–Trinajstić information content (AvgIpc) is 2.06. The van der Waals surface area contributed by atoms with Crippen LogP contribution in [0.4, 0.5) is 0 Å². The fourth-order valence-corrected chi connectivity index (χ4v) is 1.36. The summed E-state index contributed by atoms with van der Waals surface area (Å²) in [6.45, 7) is 2.12. The Kier molecular flexibility index (Phi) is 3.55. The summed E-state index contributed by atoms with van der Waals surface area (Å²) in [6, 6.07) is 0.486. The Hall–Kier alpha value is -0.390. The van der Waals surface area contributed by atoms with Gasteiger partial charge in [0.05, 0.1) is 0 Å². The third-order valence-electron chi connectivity index (χ3n) is 1.81. The number of piperidine rings is 1. The van der Waals surface area contributed by atoms with Crippen LogP contribution in [0.3, 0.4) is 0 Å². The van der Waals surface area contributed by atoms with Crippen LogP contribution in [0, 0.1) is 0 Å². The van der Waals surface area contributed by atoms with E-state index < -0.39 is 0 Å². The lowest BCUT2D eigenvalue weighted by atomic mass is 10.1. The van der Waals surface area contributed by atoms with Crippen molar-refractivity contribution in [2.75, 3.05) is 13.1 Å². The molecule has 1 fully saturated rings. The Morgan fingerprint density at radius 2 is 2.09 bits per heavy atom. The maximum absolute atomic E-state index is 5.12. The molecule has 0 saturated carbocycles. The van der Waals surface area contributed by atoms with E-state index in [-0.39, 0.29) is 0 Å². The molecule has 4 nitrogen and oxygen atoms in total. The zero-order chi connectivity index (χ0) is 8.10. The normalized spacial score (nSPS) is 19.4. The zero-order valence-electron chi connectivity index (χ0n) is 6.39. The summed E-state index contributed by atoms with van der Waals surface area (Å²) in [7, 11) is 0. The van der Waals surface area contributed by atoms with Crippen molar-refractivity contribution >= 4 is 17.3 Å². The minimum Gasteiger partial charge on any atom is -0.359 e. The van der Waals surface area contributed by atoms with Crippen LogP contribution in [-0.4, -0.2) is 24.2 Å². The molecule has 0 spiro atoms. The van der Waals surface area contributed by atoms with Crippen LogP contribution < -0.4 is 21.9 Å². The van der Waals surface area contributed by atoms with E-state index >= 15 is 0 Å². The lowest BCUT2D eigenvalue weighted by Crippen LogP contribution is -2.48. The second-order valence-corrected chi connectivity index (χ2v) is 3.05. The minimum atomic E-state index is 0.486. The Balaban J connectivity index is 2.19. The molecule has 1 saturated heterocycles. The smallest absolute Gasteiger partial charge is 0.180 e. The van der Waals surface area contributed by atoms with E-state index in [0.717, 1.165) is 25.9 Å². The second-order valence-electron chi connectivity index (χ2n) is 2.64. The highest BCUT2D eigenvalue weighted by atomic mass is 32.1. The van der Waals surface area contributed by atoms with Gasteiger partial charge in [0.2, 0.25) is 0 Å². The Bertz CT molecular complexity index is 133. The molecule has 0 aromatic rings. The predicted molar refractivity (Wildman–Crippen MR) is 48.9 cm³/mol. The molecule has 64 valence electrons. The van der Waals surface area contributed by atoms with Crippen molar-refractivity contribution in [2.24, 2.45) is 5.84 Å². The number of hydrogen-bond donors (Lipinski definition) is 4. The summed E-state index contributed by atoms with van der Waals surface area (Å²) in [6.07, 6.45) is 2.23. The van der Waals surface area contributed by atoms with Crippen molar-refractivity contribution in [3.8, 4) is 0 Å². The molecule has 1 heterocycles. The third-order valence-corrected chi connectivity index (χ3v) is 2.04. The average molecular weight is 174 g/mol. The summed E-state index contributed by atoms with van der Waals surface area (Å²) >= 11 is 4.87. The van der Waals surface area contributed by atoms with E-state index in [1.54, 1.807) is 0 Å². The lowest BCUT2D eigenvalue weighted by molar-refractivity contribution is 0.428. The molecular formula is C6H14N4S. The van der Waals surface area contributed by atoms with Gasteiger partial charge in [-0.2, -0.15) is 0 Å². The Labute approximate surface area is 71.9 Å². The van der Waals surface area contributed by atoms with Crippen LogP contribution in [0.2, 0.25) is 0 Å². The molecular weight excluding hydrogens is 160 g/mol. The van der Waals surface area contributed by atoms with Crippen LogP contribution >= 0.6 is 12.2 Å². The van der Waals surface area contributed by atoms with Gasteiger partial charge in [0.1, 0.15) is 0 Å². The highest BCUT2D eigenvalue weighted by Crippen LogP contribution is 2.00. The first-order valence-electron chi connectivity index (χ1n) is 3.81. The molecule has 0 bridgehead atoms. The Morgan fingerprint density at radius 3 is 2.64 bits per heavy atom. The SMILES string of the molecule is NNC(=S)NC1CCNCC1. The quantitative estimate of drug-likeness (QED) is 0.235. The van der Waals surface area contributed by atoms with E-state index in [1.807, 2.05) is 0 Å². The summed E-state index contributed by atoms with van der Waals surface area (Å²) in [5.74, 6) is 5.12. The van der Waals surface area contributed by atoms with Gasteiger partial charge in [-0.05, 0) is 38.1 Å².